The second-order valence-corrected chi connectivity index (χ2v) is 6.79. The molecule has 0 fully saturated rings. The van der Waals surface area contributed by atoms with Crippen LogP contribution in [0.3, 0.4) is 0 Å². The van der Waals surface area contributed by atoms with E-state index in [1.54, 1.807) is 7.05 Å². The number of hydrogen-bond acceptors (Lipinski definition) is 5. The molecule has 27 heavy (non-hydrogen) atoms. The fourth-order valence-corrected chi connectivity index (χ4v) is 3.42. The Morgan fingerprint density at radius 1 is 1.41 bits per heavy atom. The number of aromatic nitrogens is 4. The molecule has 2 aromatic heterocycles. The molecule has 9 heteroatoms. The van der Waals surface area contributed by atoms with Crippen molar-refractivity contribution in [2.75, 3.05) is 7.05 Å². The maximum atomic E-state index is 5.47. The highest BCUT2D eigenvalue weighted by Gasteiger charge is 2.21. The maximum absolute atomic E-state index is 5.47. The number of halogens is 1. The van der Waals surface area contributed by atoms with Crippen LogP contribution in [0.1, 0.15) is 62.1 Å². The van der Waals surface area contributed by atoms with E-state index < -0.39 is 0 Å². The Balaban J connectivity index is 0.00000261. The van der Waals surface area contributed by atoms with E-state index in [4.69, 9.17) is 4.52 Å². The molecule has 1 atom stereocenters. The van der Waals surface area contributed by atoms with Crippen molar-refractivity contribution in [1.29, 1.82) is 0 Å². The molecule has 2 aromatic rings. The Hall–Kier alpha value is -1.65. The summed E-state index contributed by atoms with van der Waals surface area (Å²) in [6.45, 7) is 7.66. The van der Waals surface area contributed by atoms with Gasteiger partial charge in [-0.3, -0.25) is 4.99 Å². The van der Waals surface area contributed by atoms with Gasteiger partial charge in [0.2, 0.25) is 0 Å². The molecule has 1 aliphatic rings. The fourth-order valence-electron chi connectivity index (χ4n) is 3.42. The van der Waals surface area contributed by atoms with Crippen molar-refractivity contribution in [2.45, 2.75) is 71.5 Å². The van der Waals surface area contributed by atoms with Gasteiger partial charge in [-0.2, -0.15) is 5.10 Å². The van der Waals surface area contributed by atoms with Crippen LogP contribution >= 0.6 is 24.0 Å². The van der Waals surface area contributed by atoms with Crippen LogP contribution in [0, 0.1) is 6.92 Å². The summed E-state index contributed by atoms with van der Waals surface area (Å²) in [6.07, 6.45) is 4.09. The third kappa shape index (κ3) is 5.43. The first-order valence-electron chi connectivity index (χ1n) is 9.45. The van der Waals surface area contributed by atoms with E-state index in [0.29, 0.717) is 12.5 Å². The second kappa shape index (κ2) is 10.0. The first kappa shape index (κ1) is 21.6. The number of fused-ring (bicyclic) bond motifs is 1. The largest absolute Gasteiger partial charge is 0.359 e. The van der Waals surface area contributed by atoms with Crippen LogP contribution in [-0.4, -0.2) is 39.0 Å². The highest BCUT2D eigenvalue weighted by atomic mass is 127. The molecule has 0 saturated heterocycles. The lowest BCUT2D eigenvalue weighted by Gasteiger charge is -2.25. The molecule has 0 amide bonds. The summed E-state index contributed by atoms with van der Waals surface area (Å²) in [5.41, 5.74) is 1.04. The highest BCUT2D eigenvalue weighted by Crippen LogP contribution is 2.22. The van der Waals surface area contributed by atoms with Crippen molar-refractivity contribution in [2.24, 2.45) is 4.99 Å². The molecule has 0 bridgehead atoms. The van der Waals surface area contributed by atoms with Crippen molar-refractivity contribution in [3.05, 3.63) is 29.2 Å². The van der Waals surface area contributed by atoms with Crippen LogP contribution in [0.2, 0.25) is 0 Å². The molecule has 2 N–H and O–H groups in total. The number of hydrogen-bond donors (Lipinski definition) is 2. The van der Waals surface area contributed by atoms with Gasteiger partial charge in [-0.15, -0.1) is 24.0 Å². The molecular weight excluding hydrogens is 457 g/mol. The third-order valence-electron chi connectivity index (χ3n) is 4.94. The lowest BCUT2D eigenvalue weighted by Crippen LogP contribution is -2.46. The Labute approximate surface area is 177 Å². The zero-order chi connectivity index (χ0) is 18.5. The van der Waals surface area contributed by atoms with Gasteiger partial charge in [-0.05, 0) is 26.2 Å². The molecule has 8 nitrogen and oxygen atoms in total. The first-order valence-corrected chi connectivity index (χ1v) is 9.45. The van der Waals surface area contributed by atoms with Gasteiger partial charge in [0.15, 0.2) is 11.7 Å². The van der Waals surface area contributed by atoms with Crippen molar-refractivity contribution in [3.8, 4) is 0 Å². The predicted molar refractivity (Wildman–Crippen MR) is 115 cm³/mol. The lowest BCUT2D eigenvalue weighted by atomic mass is 9.99. The smallest absolute Gasteiger partial charge is 0.191 e. The molecule has 0 saturated carbocycles. The average Bonchev–Trinajstić information content (AvgIpc) is 3.25. The maximum Gasteiger partial charge on any atom is 0.191 e. The zero-order valence-corrected chi connectivity index (χ0v) is 18.9. The Bertz CT molecular complexity index is 751. The molecule has 3 heterocycles. The van der Waals surface area contributed by atoms with E-state index in [1.165, 1.54) is 0 Å². The fraction of sp³-hybridized carbons (Fsp3) is 0.667. The number of rotatable bonds is 6. The quantitative estimate of drug-likeness (QED) is 0.370. The minimum Gasteiger partial charge on any atom is -0.359 e. The van der Waals surface area contributed by atoms with Crippen LogP contribution in [0.25, 0.3) is 0 Å². The molecule has 0 spiro atoms. The van der Waals surface area contributed by atoms with E-state index in [2.05, 4.69) is 44.7 Å². The third-order valence-corrected chi connectivity index (χ3v) is 4.94. The van der Waals surface area contributed by atoms with Gasteiger partial charge >= 0.3 is 0 Å². The van der Waals surface area contributed by atoms with E-state index in [9.17, 15) is 0 Å². The number of nitrogens with zero attached hydrogens (tertiary/aromatic N) is 5. The molecular formula is C18H30IN7O. The van der Waals surface area contributed by atoms with E-state index in [-0.39, 0.29) is 30.0 Å². The van der Waals surface area contributed by atoms with Crippen LogP contribution in [0.4, 0.5) is 0 Å². The summed E-state index contributed by atoms with van der Waals surface area (Å²) in [7, 11) is 1.78. The Morgan fingerprint density at radius 2 is 2.19 bits per heavy atom. The minimum atomic E-state index is 0. The van der Waals surface area contributed by atoms with Gasteiger partial charge in [0, 0.05) is 31.5 Å². The van der Waals surface area contributed by atoms with Gasteiger partial charge in [0.1, 0.15) is 11.6 Å². The van der Waals surface area contributed by atoms with E-state index >= 15 is 0 Å². The van der Waals surface area contributed by atoms with Gasteiger partial charge in [-0.25, -0.2) is 9.67 Å². The summed E-state index contributed by atoms with van der Waals surface area (Å²) >= 11 is 0. The Morgan fingerprint density at radius 3 is 2.89 bits per heavy atom. The number of aliphatic imine (C=N–C) groups is 1. The van der Waals surface area contributed by atoms with Gasteiger partial charge < -0.3 is 15.2 Å². The van der Waals surface area contributed by atoms with E-state index in [1.807, 2.05) is 17.7 Å². The molecule has 3 rings (SSSR count). The topological polar surface area (TPSA) is 93.2 Å². The van der Waals surface area contributed by atoms with Crippen LogP contribution in [0.15, 0.2) is 15.6 Å². The summed E-state index contributed by atoms with van der Waals surface area (Å²) in [5.74, 6) is 3.96. The van der Waals surface area contributed by atoms with Gasteiger partial charge in [0.05, 0.1) is 18.8 Å². The molecule has 0 aliphatic carbocycles. The number of aryl methyl sites for hydroxylation is 2. The monoisotopic (exact) mass is 487 g/mol. The minimum absolute atomic E-state index is 0. The SMILES string of the molecule is CCC(CC)c1cc(CNC(=NC)NC2CCc3nc(C)nn3C2)on1.I. The highest BCUT2D eigenvalue weighted by molar-refractivity contribution is 14.0. The lowest BCUT2D eigenvalue weighted by molar-refractivity contribution is 0.365. The molecule has 1 aliphatic heterocycles. The standard InChI is InChI=1S/C18H29N7O.HI/c1-5-13(6-2)16-9-15(26-24-16)10-20-18(19-4)22-14-7-8-17-21-12(3)23-25(17)11-14;/h9,13-14H,5-8,10-11H2,1-4H3,(H2,19,20,22);1H. The second-order valence-electron chi connectivity index (χ2n) is 6.79. The van der Waals surface area contributed by atoms with Gasteiger partial charge in [0.25, 0.3) is 0 Å². The molecule has 150 valence electrons. The normalized spacial score (nSPS) is 16.8. The predicted octanol–water partition coefficient (Wildman–Crippen LogP) is 2.78. The van der Waals surface area contributed by atoms with E-state index in [0.717, 1.165) is 61.3 Å². The average molecular weight is 487 g/mol. The van der Waals surface area contributed by atoms with Crippen molar-refractivity contribution in [3.63, 3.8) is 0 Å². The summed E-state index contributed by atoms with van der Waals surface area (Å²) in [6, 6.07) is 2.33. The van der Waals surface area contributed by atoms with Crippen LogP contribution in [-0.2, 0) is 19.5 Å². The molecule has 1 unspecified atom stereocenters. The molecule has 0 radical (unpaired) electrons. The van der Waals surface area contributed by atoms with Crippen molar-refractivity contribution < 1.29 is 4.52 Å². The summed E-state index contributed by atoms with van der Waals surface area (Å²) in [5, 5.41) is 15.4. The van der Waals surface area contributed by atoms with Crippen LogP contribution in [0.5, 0.6) is 0 Å². The number of guanidine groups is 1. The molecule has 0 aromatic carbocycles. The number of nitrogens with one attached hydrogen (secondary N) is 2. The zero-order valence-electron chi connectivity index (χ0n) is 16.5. The summed E-state index contributed by atoms with van der Waals surface area (Å²) in [4.78, 5) is 8.77. The first-order chi connectivity index (χ1) is 12.6. The van der Waals surface area contributed by atoms with Crippen LogP contribution < -0.4 is 10.6 Å². The Kier molecular flexibility index (Phi) is 8.06. The van der Waals surface area contributed by atoms with Crippen molar-refractivity contribution >= 4 is 29.9 Å². The van der Waals surface area contributed by atoms with Gasteiger partial charge in [-0.1, -0.05) is 19.0 Å². The van der Waals surface area contributed by atoms with Crippen molar-refractivity contribution in [1.82, 2.24) is 30.6 Å². The summed E-state index contributed by atoms with van der Waals surface area (Å²) < 4.78 is 7.45.